The van der Waals surface area contributed by atoms with E-state index in [1.807, 2.05) is 0 Å². The van der Waals surface area contributed by atoms with Crippen LogP contribution in [0, 0.1) is 0 Å². The second-order valence-electron chi connectivity index (χ2n) is 6.27. The quantitative estimate of drug-likeness (QED) is 0.512. The Morgan fingerprint density at radius 3 is 2.23 bits per heavy atom. The number of amides is 4. The highest BCUT2D eigenvalue weighted by molar-refractivity contribution is 7.12. The van der Waals surface area contributed by atoms with Crippen LogP contribution >= 0.6 is 11.3 Å². The summed E-state index contributed by atoms with van der Waals surface area (Å²) in [5.41, 5.74) is 1.10. The molecule has 0 fully saturated rings. The molecule has 0 saturated heterocycles. The first-order chi connectivity index (χ1) is 15.0. The summed E-state index contributed by atoms with van der Waals surface area (Å²) in [6.45, 7) is 0. The average Bonchev–Trinajstić information content (AvgIpc) is 3.33. The maximum Gasteiger partial charge on any atom is 0.339 e. The highest BCUT2D eigenvalue weighted by atomic mass is 32.1. The Kier molecular flexibility index (Phi) is 7.13. The van der Waals surface area contributed by atoms with Crippen LogP contribution in [0.2, 0.25) is 0 Å². The first kappa shape index (κ1) is 21.7. The lowest BCUT2D eigenvalue weighted by Gasteiger charge is -2.17. The Bertz CT molecular complexity index is 1070. The van der Waals surface area contributed by atoms with Gasteiger partial charge >= 0.3 is 12.0 Å². The third kappa shape index (κ3) is 5.77. The van der Waals surface area contributed by atoms with Gasteiger partial charge in [-0.05, 0) is 35.7 Å². The molecule has 8 nitrogen and oxygen atoms in total. The van der Waals surface area contributed by atoms with Gasteiger partial charge in [0.2, 0.25) is 6.10 Å². The number of thiophene rings is 1. The minimum absolute atomic E-state index is 0.183. The molecular formula is C22H19N3O5S. The third-order valence-electron chi connectivity index (χ3n) is 4.15. The number of hydrogen-bond donors (Lipinski definition) is 3. The molecule has 3 N–H and O–H groups in total. The van der Waals surface area contributed by atoms with E-state index in [1.54, 1.807) is 60.0 Å². The first-order valence-electron chi connectivity index (χ1n) is 9.21. The third-order valence-corrected chi connectivity index (χ3v) is 5.02. The summed E-state index contributed by atoms with van der Waals surface area (Å²) in [5, 5.41) is 8.93. The molecule has 1 heterocycles. The number of hydrogen-bond acceptors (Lipinski definition) is 6. The van der Waals surface area contributed by atoms with E-state index in [9.17, 15) is 19.2 Å². The topological polar surface area (TPSA) is 114 Å². The zero-order chi connectivity index (χ0) is 22.2. The van der Waals surface area contributed by atoms with Crippen LogP contribution in [-0.2, 0) is 9.53 Å². The molecule has 0 aliphatic carbocycles. The monoisotopic (exact) mass is 437 g/mol. The fraction of sp³-hybridized carbons (Fsp3) is 0.0909. The molecule has 3 rings (SSSR count). The van der Waals surface area contributed by atoms with E-state index in [0.29, 0.717) is 16.1 Å². The second-order valence-corrected chi connectivity index (χ2v) is 7.22. The fourth-order valence-corrected chi connectivity index (χ4v) is 3.22. The van der Waals surface area contributed by atoms with E-state index in [0.717, 1.165) is 0 Å². The number of imide groups is 1. The summed E-state index contributed by atoms with van der Waals surface area (Å²) in [5.74, 6) is -1.78. The average molecular weight is 437 g/mol. The molecule has 3 aromatic rings. The van der Waals surface area contributed by atoms with E-state index in [-0.39, 0.29) is 11.5 Å². The maximum absolute atomic E-state index is 12.6. The lowest BCUT2D eigenvalue weighted by Crippen LogP contribution is -2.41. The summed E-state index contributed by atoms with van der Waals surface area (Å²) in [6, 6.07) is 17.2. The van der Waals surface area contributed by atoms with E-state index in [1.165, 1.54) is 30.5 Å². The van der Waals surface area contributed by atoms with Gasteiger partial charge < -0.3 is 15.4 Å². The van der Waals surface area contributed by atoms with Gasteiger partial charge in [-0.1, -0.05) is 36.4 Å². The number of anilines is 1. The number of urea groups is 1. The van der Waals surface area contributed by atoms with Crippen LogP contribution < -0.4 is 16.0 Å². The van der Waals surface area contributed by atoms with Crippen LogP contribution in [0.15, 0.2) is 72.1 Å². The number of ether oxygens (including phenoxy) is 1. The van der Waals surface area contributed by atoms with Crippen molar-refractivity contribution in [2.45, 2.75) is 6.10 Å². The molecule has 9 heteroatoms. The van der Waals surface area contributed by atoms with Gasteiger partial charge in [-0.3, -0.25) is 14.9 Å². The predicted octanol–water partition coefficient (Wildman–Crippen LogP) is 3.35. The van der Waals surface area contributed by atoms with E-state index in [4.69, 9.17) is 4.74 Å². The molecular weight excluding hydrogens is 418 g/mol. The summed E-state index contributed by atoms with van der Waals surface area (Å²) in [6.07, 6.45) is -1.32. The number of carbonyl (C=O) groups excluding carboxylic acids is 4. The normalized spacial score (nSPS) is 11.1. The maximum atomic E-state index is 12.6. The fourth-order valence-electron chi connectivity index (χ4n) is 2.61. The summed E-state index contributed by atoms with van der Waals surface area (Å²) in [4.78, 5) is 49.3. The van der Waals surface area contributed by atoms with Crippen molar-refractivity contribution in [1.29, 1.82) is 0 Å². The van der Waals surface area contributed by atoms with Gasteiger partial charge in [0.25, 0.3) is 11.8 Å². The number of esters is 1. The van der Waals surface area contributed by atoms with Gasteiger partial charge in [0.1, 0.15) is 0 Å². The van der Waals surface area contributed by atoms with Crippen molar-refractivity contribution in [3.05, 3.63) is 88.1 Å². The van der Waals surface area contributed by atoms with Crippen LogP contribution in [-0.4, -0.2) is 30.9 Å². The van der Waals surface area contributed by atoms with Gasteiger partial charge in [-0.15, -0.1) is 11.3 Å². The van der Waals surface area contributed by atoms with Crippen molar-refractivity contribution in [2.75, 3.05) is 12.4 Å². The minimum Gasteiger partial charge on any atom is -0.444 e. The minimum atomic E-state index is -1.32. The van der Waals surface area contributed by atoms with Gasteiger partial charge in [-0.25, -0.2) is 9.59 Å². The van der Waals surface area contributed by atoms with Crippen LogP contribution in [0.1, 0.15) is 31.7 Å². The lowest BCUT2D eigenvalue weighted by atomic mass is 10.1. The second kappa shape index (κ2) is 10.2. The van der Waals surface area contributed by atoms with Gasteiger partial charge in [-0.2, -0.15) is 0 Å². The number of carbonyl (C=O) groups is 4. The molecule has 0 aliphatic rings. The van der Waals surface area contributed by atoms with Crippen molar-refractivity contribution in [3.8, 4) is 0 Å². The number of rotatable bonds is 6. The van der Waals surface area contributed by atoms with E-state index < -0.39 is 24.0 Å². The molecule has 1 unspecified atom stereocenters. The Morgan fingerprint density at radius 2 is 1.61 bits per heavy atom. The summed E-state index contributed by atoms with van der Waals surface area (Å²) >= 11 is 1.32. The molecule has 1 atom stereocenters. The van der Waals surface area contributed by atoms with Crippen molar-refractivity contribution in [1.82, 2.24) is 10.6 Å². The molecule has 0 bridgehead atoms. The van der Waals surface area contributed by atoms with Gasteiger partial charge in [0.15, 0.2) is 0 Å². The van der Waals surface area contributed by atoms with E-state index in [2.05, 4.69) is 16.0 Å². The van der Waals surface area contributed by atoms with Crippen LogP contribution in [0.4, 0.5) is 10.5 Å². The lowest BCUT2D eigenvalue weighted by molar-refractivity contribution is -0.129. The molecule has 2 aromatic carbocycles. The zero-order valence-corrected chi connectivity index (χ0v) is 17.3. The van der Waals surface area contributed by atoms with Crippen molar-refractivity contribution in [2.24, 2.45) is 0 Å². The van der Waals surface area contributed by atoms with Crippen LogP contribution in [0.5, 0.6) is 0 Å². The highest BCUT2D eigenvalue weighted by Gasteiger charge is 2.27. The van der Waals surface area contributed by atoms with Crippen molar-refractivity contribution < 1.29 is 23.9 Å². The smallest absolute Gasteiger partial charge is 0.339 e. The summed E-state index contributed by atoms with van der Waals surface area (Å²) < 4.78 is 5.39. The SMILES string of the molecule is CNC(=O)NC(=O)C(OC(=O)c1ccc(NC(=O)c2cccs2)cc1)c1ccccc1. The Balaban J connectivity index is 1.71. The van der Waals surface area contributed by atoms with Crippen LogP contribution in [0.25, 0.3) is 0 Å². The number of benzene rings is 2. The number of nitrogens with one attached hydrogen (secondary N) is 3. The highest BCUT2D eigenvalue weighted by Crippen LogP contribution is 2.21. The molecule has 0 saturated carbocycles. The molecule has 0 radical (unpaired) electrons. The predicted molar refractivity (Wildman–Crippen MR) is 116 cm³/mol. The largest absolute Gasteiger partial charge is 0.444 e. The molecule has 1 aromatic heterocycles. The standard InChI is InChI=1S/C22H19N3O5S/c1-23-22(29)25-20(27)18(14-6-3-2-4-7-14)30-21(28)15-9-11-16(12-10-15)24-19(26)17-8-5-13-31-17/h2-13,18H,1H3,(H,24,26)(H2,23,25,27,29). The van der Waals surface area contributed by atoms with Crippen LogP contribution in [0.3, 0.4) is 0 Å². The Morgan fingerprint density at radius 1 is 0.903 bits per heavy atom. The Labute approximate surface area is 182 Å². The Hall–Kier alpha value is -3.98. The zero-order valence-electron chi connectivity index (χ0n) is 16.5. The van der Waals surface area contributed by atoms with E-state index >= 15 is 0 Å². The molecule has 31 heavy (non-hydrogen) atoms. The van der Waals surface area contributed by atoms with Crippen molar-refractivity contribution in [3.63, 3.8) is 0 Å². The molecule has 0 spiro atoms. The molecule has 0 aliphatic heterocycles. The van der Waals surface area contributed by atoms with Crippen molar-refractivity contribution >= 4 is 40.8 Å². The molecule has 4 amide bonds. The molecule has 158 valence electrons. The first-order valence-corrected chi connectivity index (χ1v) is 10.1. The van der Waals surface area contributed by atoms with Gasteiger partial charge in [0.05, 0.1) is 10.4 Å². The van der Waals surface area contributed by atoms with Gasteiger partial charge in [0, 0.05) is 18.3 Å². The summed E-state index contributed by atoms with van der Waals surface area (Å²) in [7, 11) is 1.37.